The third-order valence-corrected chi connectivity index (χ3v) is 7.30. The Morgan fingerprint density at radius 1 is 0.939 bits per heavy atom. The van der Waals surface area contributed by atoms with Gasteiger partial charge < -0.3 is 10.1 Å². The number of carbonyl (C=O) groups excluding carboxylic acids is 1. The number of hydrogen-bond donors (Lipinski definition) is 1. The van der Waals surface area contributed by atoms with Crippen molar-refractivity contribution in [2.45, 2.75) is 38.6 Å². The van der Waals surface area contributed by atoms with Crippen LogP contribution in [0.15, 0.2) is 71.6 Å². The molecule has 0 bridgehead atoms. The molecule has 1 unspecified atom stereocenters. The number of benzene rings is 3. The fraction of sp³-hybridized carbons (Fsp3) is 0.269. The largest absolute Gasteiger partial charge is 0.497 e. The number of ether oxygens (including phenoxy) is 1. The summed E-state index contributed by atoms with van der Waals surface area (Å²) in [7, 11) is -2.36. The Hall–Kier alpha value is -3.32. The Balaban J connectivity index is 1.91. The van der Waals surface area contributed by atoms with Crippen LogP contribution in [0, 0.1) is 20.8 Å². The SMILES string of the molecule is COc1ccc(C(C)NC(=O)CN(c2cc(C)ccc2C)S(=O)(=O)c2ccc(C)cc2)cc1. The van der Waals surface area contributed by atoms with Gasteiger partial charge in [-0.25, -0.2) is 8.42 Å². The Bertz CT molecular complexity index is 1220. The zero-order valence-corrected chi connectivity index (χ0v) is 20.4. The average Bonchev–Trinajstić information content (AvgIpc) is 2.79. The number of rotatable bonds is 8. The summed E-state index contributed by atoms with van der Waals surface area (Å²) in [5.74, 6) is 0.331. The molecular formula is C26H30N2O4S. The van der Waals surface area contributed by atoms with Crippen LogP contribution in [0.5, 0.6) is 5.75 Å². The first kappa shape index (κ1) is 24.3. The van der Waals surface area contributed by atoms with Gasteiger partial charge in [-0.15, -0.1) is 0 Å². The van der Waals surface area contributed by atoms with E-state index >= 15 is 0 Å². The van der Waals surface area contributed by atoms with Gasteiger partial charge in [-0.05, 0) is 74.7 Å². The molecule has 0 saturated carbocycles. The summed E-state index contributed by atoms with van der Waals surface area (Å²) in [5, 5.41) is 2.91. The van der Waals surface area contributed by atoms with Crippen LogP contribution in [0.25, 0.3) is 0 Å². The van der Waals surface area contributed by atoms with Crippen LogP contribution in [-0.4, -0.2) is 28.0 Å². The van der Waals surface area contributed by atoms with Crippen molar-refractivity contribution in [3.8, 4) is 5.75 Å². The minimum Gasteiger partial charge on any atom is -0.497 e. The summed E-state index contributed by atoms with van der Waals surface area (Å²) in [6.45, 7) is 7.15. The topological polar surface area (TPSA) is 75.7 Å². The quantitative estimate of drug-likeness (QED) is 0.522. The van der Waals surface area contributed by atoms with E-state index in [0.29, 0.717) is 5.69 Å². The first-order valence-electron chi connectivity index (χ1n) is 10.7. The molecule has 1 N–H and O–H groups in total. The van der Waals surface area contributed by atoms with Crippen molar-refractivity contribution in [2.24, 2.45) is 0 Å². The molecule has 0 heterocycles. The smallest absolute Gasteiger partial charge is 0.264 e. The van der Waals surface area contributed by atoms with Gasteiger partial charge in [0.15, 0.2) is 0 Å². The molecule has 0 radical (unpaired) electrons. The lowest BCUT2D eigenvalue weighted by molar-refractivity contribution is -0.120. The molecule has 0 saturated heterocycles. The van der Waals surface area contributed by atoms with Gasteiger partial charge in [-0.1, -0.05) is 42.0 Å². The zero-order valence-electron chi connectivity index (χ0n) is 19.6. The molecule has 3 aromatic rings. The second-order valence-electron chi connectivity index (χ2n) is 8.18. The van der Waals surface area contributed by atoms with Gasteiger partial charge in [0.05, 0.1) is 23.7 Å². The number of anilines is 1. The van der Waals surface area contributed by atoms with Gasteiger partial charge in [-0.3, -0.25) is 9.10 Å². The molecular weight excluding hydrogens is 436 g/mol. The number of methoxy groups -OCH3 is 1. The Morgan fingerprint density at radius 2 is 1.55 bits per heavy atom. The molecule has 6 nitrogen and oxygen atoms in total. The maximum absolute atomic E-state index is 13.6. The summed E-state index contributed by atoms with van der Waals surface area (Å²) in [6, 6.07) is 19.3. The highest BCUT2D eigenvalue weighted by Gasteiger charge is 2.29. The van der Waals surface area contributed by atoms with E-state index in [1.54, 1.807) is 37.4 Å². The first-order valence-corrected chi connectivity index (χ1v) is 12.2. The molecule has 0 aliphatic heterocycles. The summed E-state index contributed by atoms with van der Waals surface area (Å²) >= 11 is 0. The van der Waals surface area contributed by atoms with E-state index in [-0.39, 0.29) is 17.5 Å². The maximum atomic E-state index is 13.6. The van der Waals surface area contributed by atoms with E-state index in [2.05, 4.69) is 5.32 Å². The molecule has 0 aromatic heterocycles. The van der Waals surface area contributed by atoms with E-state index < -0.39 is 15.9 Å². The van der Waals surface area contributed by atoms with Crippen molar-refractivity contribution in [3.05, 3.63) is 89.0 Å². The zero-order chi connectivity index (χ0) is 24.2. The molecule has 3 aromatic carbocycles. The van der Waals surface area contributed by atoms with Gasteiger partial charge in [0.25, 0.3) is 10.0 Å². The van der Waals surface area contributed by atoms with E-state index in [0.717, 1.165) is 28.0 Å². The molecule has 0 aliphatic rings. The van der Waals surface area contributed by atoms with Crippen molar-refractivity contribution in [2.75, 3.05) is 18.0 Å². The highest BCUT2D eigenvalue weighted by Crippen LogP contribution is 2.28. The van der Waals surface area contributed by atoms with E-state index in [1.807, 2.05) is 64.1 Å². The van der Waals surface area contributed by atoms with Crippen LogP contribution in [0.1, 0.15) is 35.2 Å². The van der Waals surface area contributed by atoms with Gasteiger partial charge in [0.2, 0.25) is 5.91 Å². The number of amides is 1. The van der Waals surface area contributed by atoms with Crippen molar-refractivity contribution in [1.82, 2.24) is 5.32 Å². The van der Waals surface area contributed by atoms with Crippen LogP contribution < -0.4 is 14.4 Å². The van der Waals surface area contributed by atoms with Gasteiger partial charge in [0, 0.05) is 0 Å². The summed E-state index contributed by atoms with van der Waals surface area (Å²) in [4.78, 5) is 13.2. The van der Waals surface area contributed by atoms with Gasteiger partial charge in [-0.2, -0.15) is 0 Å². The third kappa shape index (κ3) is 5.73. The highest BCUT2D eigenvalue weighted by atomic mass is 32.2. The molecule has 7 heteroatoms. The average molecular weight is 467 g/mol. The molecule has 0 spiro atoms. The van der Waals surface area contributed by atoms with Gasteiger partial charge in [0.1, 0.15) is 12.3 Å². The number of nitrogens with one attached hydrogen (secondary N) is 1. The molecule has 3 rings (SSSR count). The van der Waals surface area contributed by atoms with E-state index in [9.17, 15) is 13.2 Å². The van der Waals surface area contributed by atoms with Crippen LogP contribution >= 0.6 is 0 Å². The predicted octanol–water partition coefficient (Wildman–Crippen LogP) is 4.69. The standard InChI is InChI=1S/C26H30N2O4S/c1-18-7-14-24(15-8-18)33(30,31)28(25-16-19(2)6-9-20(25)3)17-26(29)27-21(4)22-10-12-23(32-5)13-11-22/h6-16,21H,17H2,1-5H3,(H,27,29). The number of hydrogen-bond acceptors (Lipinski definition) is 4. The van der Waals surface area contributed by atoms with Gasteiger partial charge >= 0.3 is 0 Å². The summed E-state index contributed by atoms with van der Waals surface area (Å²) in [5.41, 5.74) is 4.02. The number of aryl methyl sites for hydroxylation is 3. The van der Waals surface area contributed by atoms with E-state index in [1.165, 1.54) is 4.31 Å². The van der Waals surface area contributed by atoms with Crippen molar-refractivity contribution >= 4 is 21.6 Å². The lowest BCUT2D eigenvalue weighted by Crippen LogP contribution is -2.42. The van der Waals surface area contributed by atoms with Crippen molar-refractivity contribution < 1.29 is 17.9 Å². The first-order chi connectivity index (χ1) is 15.6. The summed E-state index contributed by atoms with van der Waals surface area (Å²) < 4.78 is 33.6. The predicted molar refractivity (Wildman–Crippen MR) is 131 cm³/mol. The third-order valence-electron chi connectivity index (χ3n) is 5.52. The molecule has 33 heavy (non-hydrogen) atoms. The van der Waals surface area contributed by atoms with Crippen LogP contribution in [0.4, 0.5) is 5.69 Å². The normalized spacial score (nSPS) is 12.2. The molecule has 1 amide bonds. The lowest BCUT2D eigenvalue weighted by atomic mass is 10.1. The number of sulfonamides is 1. The second kappa shape index (κ2) is 10.1. The monoisotopic (exact) mass is 466 g/mol. The van der Waals surface area contributed by atoms with Crippen molar-refractivity contribution in [3.63, 3.8) is 0 Å². The molecule has 0 fully saturated rings. The number of nitrogens with zero attached hydrogens (tertiary/aromatic N) is 1. The van der Waals surface area contributed by atoms with Crippen molar-refractivity contribution in [1.29, 1.82) is 0 Å². The lowest BCUT2D eigenvalue weighted by Gasteiger charge is -2.27. The fourth-order valence-corrected chi connectivity index (χ4v) is 5.00. The number of carbonyl (C=O) groups is 1. The Kier molecular flexibility index (Phi) is 7.43. The maximum Gasteiger partial charge on any atom is 0.264 e. The Labute approximate surface area is 196 Å². The van der Waals surface area contributed by atoms with E-state index in [4.69, 9.17) is 4.74 Å². The Morgan fingerprint density at radius 3 is 2.15 bits per heavy atom. The molecule has 0 aliphatic carbocycles. The molecule has 174 valence electrons. The minimum absolute atomic E-state index is 0.144. The highest BCUT2D eigenvalue weighted by molar-refractivity contribution is 7.92. The van der Waals surface area contributed by atoms with Crippen LogP contribution in [0.3, 0.4) is 0 Å². The minimum atomic E-state index is -3.96. The fourth-order valence-electron chi connectivity index (χ4n) is 3.52. The van der Waals surface area contributed by atoms with Crippen LogP contribution in [-0.2, 0) is 14.8 Å². The molecule has 1 atom stereocenters. The summed E-state index contributed by atoms with van der Waals surface area (Å²) in [6.07, 6.45) is 0. The van der Waals surface area contributed by atoms with Crippen LogP contribution in [0.2, 0.25) is 0 Å². The second-order valence-corrected chi connectivity index (χ2v) is 10.0.